The summed E-state index contributed by atoms with van der Waals surface area (Å²) < 4.78 is 16.2. The van der Waals surface area contributed by atoms with Crippen molar-refractivity contribution in [1.82, 2.24) is 0 Å². The summed E-state index contributed by atoms with van der Waals surface area (Å²) in [5, 5.41) is 5.36. The Kier molecular flexibility index (Phi) is 15.6. The molecular formula is C52H62Cl2O2Si2Zr-2. The van der Waals surface area contributed by atoms with Crippen LogP contribution in [0.1, 0.15) is 96.4 Å². The van der Waals surface area contributed by atoms with Crippen molar-refractivity contribution in [2.45, 2.75) is 110 Å². The Morgan fingerprint density at radius 2 is 0.763 bits per heavy atom. The second-order valence-electron chi connectivity index (χ2n) is 18.0. The molecule has 0 saturated carbocycles. The van der Waals surface area contributed by atoms with E-state index in [-0.39, 0.29) is 10.1 Å². The molecule has 0 unspecified atom stereocenters. The summed E-state index contributed by atoms with van der Waals surface area (Å²) in [4.78, 5) is 0. The van der Waals surface area contributed by atoms with Crippen molar-refractivity contribution in [3.05, 3.63) is 168 Å². The molecule has 0 radical (unpaired) electrons. The molecule has 0 fully saturated rings. The van der Waals surface area contributed by atoms with E-state index in [4.69, 9.17) is 25.9 Å². The third-order valence-electron chi connectivity index (χ3n) is 12.0. The fourth-order valence-electron chi connectivity index (χ4n) is 9.10. The summed E-state index contributed by atoms with van der Waals surface area (Å²) in [6.45, 7) is 15.9. The van der Waals surface area contributed by atoms with Crippen molar-refractivity contribution < 1.29 is 27.7 Å². The number of hydrogen-bond acceptors (Lipinski definition) is 2. The van der Waals surface area contributed by atoms with E-state index in [2.05, 4.69) is 187 Å². The predicted molar refractivity (Wildman–Crippen MR) is 257 cm³/mol. The monoisotopic (exact) mass is 934 g/mol. The molecule has 2 aliphatic rings. The van der Waals surface area contributed by atoms with E-state index in [1.54, 1.807) is 0 Å². The van der Waals surface area contributed by atoms with Gasteiger partial charge in [-0.25, -0.2) is 0 Å². The van der Waals surface area contributed by atoms with E-state index < -0.39 is 35.5 Å². The van der Waals surface area contributed by atoms with Crippen LogP contribution in [0.15, 0.2) is 146 Å². The van der Waals surface area contributed by atoms with Gasteiger partial charge in [0.15, 0.2) is 0 Å². The number of aryl methyl sites for hydroxylation is 4. The first kappa shape index (κ1) is 45.5. The fourth-order valence-corrected chi connectivity index (χ4v) is 17.9. The molecule has 0 spiro atoms. The Balaban J connectivity index is 0.000000178. The summed E-state index contributed by atoms with van der Waals surface area (Å²) in [7, 11) is 5.73. The van der Waals surface area contributed by atoms with E-state index >= 15 is 0 Å². The van der Waals surface area contributed by atoms with E-state index in [9.17, 15) is 0 Å². The van der Waals surface area contributed by atoms with Gasteiger partial charge < -0.3 is 8.85 Å². The predicted octanol–water partition coefficient (Wildman–Crippen LogP) is 12.2. The van der Waals surface area contributed by atoms with Crippen LogP contribution >= 0.6 is 17.0 Å². The Bertz CT molecular complexity index is 1950. The summed E-state index contributed by atoms with van der Waals surface area (Å²) in [5.41, 5.74) is 5.98. The number of hydrogen-bond donors (Lipinski definition) is 0. The molecule has 0 aromatic heterocycles. The molecule has 6 aromatic carbocycles. The molecule has 0 saturated heterocycles. The first-order chi connectivity index (χ1) is 28.3. The van der Waals surface area contributed by atoms with Gasteiger partial charge in [-0.15, -0.1) is 12.1 Å². The molecule has 0 bridgehead atoms. The molecule has 310 valence electrons. The van der Waals surface area contributed by atoms with Crippen molar-refractivity contribution in [3.8, 4) is 11.5 Å². The van der Waals surface area contributed by atoms with Gasteiger partial charge in [0.1, 0.15) is 0 Å². The first-order valence-electron chi connectivity index (χ1n) is 21.4. The molecule has 0 amide bonds. The molecular weight excluding hydrogens is 875 g/mol. The van der Waals surface area contributed by atoms with Crippen molar-refractivity contribution in [1.29, 1.82) is 0 Å². The van der Waals surface area contributed by atoms with Gasteiger partial charge in [-0.05, 0) is 42.3 Å². The maximum absolute atomic E-state index is 7.13. The van der Waals surface area contributed by atoms with Crippen molar-refractivity contribution in [2.75, 3.05) is 0 Å². The van der Waals surface area contributed by atoms with Gasteiger partial charge in [-0.3, -0.25) is 0 Å². The molecule has 0 heterocycles. The molecule has 7 heteroatoms. The van der Waals surface area contributed by atoms with Gasteiger partial charge in [0.05, 0.1) is 0 Å². The molecule has 2 nitrogen and oxygen atoms in total. The van der Waals surface area contributed by atoms with Crippen LogP contribution in [0.4, 0.5) is 0 Å². The zero-order valence-corrected chi connectivity index (χ0v) is 42.1. The van der Waals surface area contributed by atoms with Gasteiger partial charge in [0.2, 0.25) is 0 Å². The SMILES string of the molecule is CC(C)(C)[Si](Oc1cc2c([cH-]1)CCCC2)(c1ccccc1)c1ccccc1.CC(C)(C)[Si](Oc1cc2c([cH-]1)CCCC2)(c1ccccc1)c1ccccc1.C[CH]=[Zr]([Cl])[Cl]. The third kappa shape index (κ3) is 10.5. The van der Waals surface area contributed by atoms with E-state index in [0.29, 0.717) is 0 Å². The van der Waals surface area contributed by atoms with Crippen LogP contribution in [0, 0.1) is 0 Å². The van der Waals surface area contributed by atoms with Gasteiger partial charge in [0.25, 0.3) is 0 Å². The minimum atomic E-state index is -2.50. The van der Waals surface area contributed by atoms with Gasteiger partial charge in [0, 0.05) is 0 Å². The second-order valence-corrected chi connectivity index (χ2v) is 35.3. The van der Waals surface area contributed by atoms with Crippen molar-refractivity contribution >= 4 is 58.1 Å². The van der Waals surface area contributed by atoms with Crippen molar-refractivity contribution in [2.24, 2.45) is 0 Å². The average molecular weight is 937 g/mol. The normalized spacial score (nSPS) is 14.0. The standard InChI is InChI=1S/2C25H29OSi.C2H4.2ClH.Zr/c2*1-25(2,3)27(23-14-6-4-7-15-23,24-16-8-5-9-17-24)26-22-18-20-12-10-11-13-21(20)19-22;1-2;;;/h2*4-9,14-19H,10-13H2,1-3H3;1H,2H3;2*1H;/q2*-1;;;;+2/p-2. The van der Waals surface area contributed by atoms with Crippen LogP contribution in [0.2, 0.25) is 10.1 Å². The number of rotatable bonds is 8. The summed E-state index contributed by atoms with van der Waals surface area (Å²) in [5.74, 6) is 2.13. The average Bonchev–Trinajstić information content (AvgIpc) is 3.86. The van der Waals surface area contributed by atoms with Crippen LogP contribution in [0.25, 0.3) is 0 Å². The van der Waals surface area contributed by atoms with Crippen LogP contribution in [0.5, 0.6) is 11.5 Å². The zero-order chi connectivity index (χ0) is 42.1. The molecule has 8 rings (SSSR count). The molecule has 6 aromatic rings. The van der Waals surface area contributed by atoms with Crippen LogP contribution in [-0.4, -0.2) is 20.3 Å². The number of halogens is 2. The van der Waals surface area contributed by atoms with Gasteiger partial charge in [-0.2, -0.15) is 34.4 Å². The maximum atomic E-state index is 7.13. The second kappa shape index (κ2) is 20.2. The summed E-state index contributed by atoms with van der Waals surface area (Å²) in [6.07, 6.45) is 9.98. The fraction of sp³-hybridized carbons (Fsp3) is 0.327. The Morgan fingerprint density at radius 1 is 0.492 bits per heavy atom. The Morgan fingerprint density at radius 3 is 1.00 bits per heavy atom. The number of benzene rings is 4. The molecule has 0 atom stereocenters. The van der Waals surface area contributed by atoms with Crippen LogP contribution in [-0.2, 0) is 44.6 Å². The summed E-state index contributed by atoms with van der Waals surface area (Å²) in [6, 6.07) is 52.8. The topological polar surface area (TPSA) is 18.5 Å². The molecule has 2 aliphatic carbocycles. The Labute approximate surface area is 372 Å². The summed E-state index contributed by atoms with van der Waals surface area (Å²) >= 11 is -1.76. The molecule has 0 aliphatic heterocycles. The van der Waals surface area contributed by atoms with Gasteiger partial charge >= 0.3 is 63.2 Å². The zero-order valence-electron chi connectivity index (χ0n) is 36.2. The van der Waals surface area contributed by atoms with Crippen LogP contribution < -0.4 is 29.6 Å². The van der Waals surface area contributed by atoms with E-state index in [0.717, 1.165) is 11.5 Å². The Hall–Kier alpha value is -3.05. The van der Waals surface area contributed by atoms with E-state index in [1.165, 1.54) is 94.4 Å². The quantitative estimate of drug-likeness (QED) is 0.112. The van der Waals surface area contributed by atoms with E-state index in [1.807, 2.05) is 10.6 Å². The van der Waals surface area contributed by atoms with Crippen molar-refractivity contribution in [3.63, 3.8) is 0 Å². The number of fused-ring (bicyclic) bond motifs is 2. The minimum absolute atomic E-state index is 0.00742. The third-order valence-corrected chi connectivity index (χ3v) is 25.5. The van der Waals surface area contributed by atoms with Crippen LogP contribution in [0.3, 0.4) is 0 Å². The molecule has 0 N–H and O–H groups in total. The first-order valence-corrected chi connectivity index (χ1v) is 33.0. The molecule has 59 heavy (non-hydrogen) atoms. The van der Waals surface area contributed by atoms with Gasteiger partial charge in [-0.1, -0.05) is 214 Å².